The molecule has 0 radical (unpaired) electrons. The lowest BCUT2D eigenvalue weighted by Gasteiger charge is -2.25. The molecule has 2 unspecified atom stereocenters. The Labute approximate surface area is 116 Å². The maximum absolute atomic E-state index is 6.20. The van der Waals surface area contributed by atoms with Gasteiger partial charge in [-0.15, -0.1) is 0 Å². The highest BCUT2D eigenvalue weighted by Gasteiger charge is 2.11. The van der Waals surface area contributed by atoms with Gasteiger partial charge in [-0.3, -0.25) is 0 Å². The van der Waals surface area contributed by atoms with Crippen molar-refractivity contribution in [3.8, 4) is 0 Å². The Bertz CT molecular complexity index is 337. The molecule has 1 aromatic rings. The lowest BCUT2D eigenvalue weighted by Crippen LogP contribution is -2.31. The lowest BCUT2D eigenvalue weighted by atomic mass is 10.0. The van der Waals surface area contributed by atoms with Crippen molar-refractivity contribution < 1.29 is 0 Å². The van der Waals surface area contributed by atoms with Crippen LogP contribution < -0.4 is 5.73 Å². The number of hydrogen-bond donors (Lipinski definition) is 1. The summed E-state index contributed by atoms with van der Waals surface area (Å²) in [7, 11) is 2.18. The number of benzene rings is 1. The second kappa shape index (κ2) is 7.78. The minimum atomic E-state index is 0.0959. The number of halogens is 1. The van der Waals surface area contributed by atoms with Crippen molar-refractivity contribution in [3.63, 3.8) is 0 Å². The van der Waals surface area contributed by atoms with E-state index in [0.29, 0.717) is 6.04 Å². The van der Waals surface area contributed by atoms with Crippen LogP contribution in [0.25, 0.3) is 0 Å². The quantitative estimate of drug-likeness (QED) is 0.814. The molecular formula is C15H25ClN2. The largest absolute Gasteiger partial charge is 0.324 e. The number of rotatable bonds is 7. The van der Waals surface area contributed by atoms with Gasteiger partial charge in [0.2, 0.25) is 0 Å². The van der Waals surface area contributed by atoms with E-state index >= 15 is 0 Å². The van der Waals surface area contributed by atoms with Gasteiger partial charge in [0.15, 0.2) is 0 Å². The standard InChI is InChI=1S/C15H25ClN2/c1-4-5-12(2)18(3)11-10-15(17)13-6-8-14(16)9-7-13/h6-9,12,15H,4-5,10-11,17H2,1-3H3. The van der Waals surface area contributed by atoms with Gasteiger partial charge in [-0.2, -0.15) is 0 Å². The van der Waals surface area contributed by atoms with Crippen LogP contribution >= 0.6 is 11.6 Å². The van der Waals surface area contributed by atoms with E-state index in [1.165, 1.54) is 12.8 Å². The molecule has 2 atom stereocenters. The molecule has 0 fully saturated rings. The summed E-state index contributed by atoms with van der Waals surface area (Å²) in [5.74, 6) is 0. The normalized spacial score (nSPS) is 14.8. The van der Waals surface area contributed by atoms with Crippen LogP contribution in [0.1, 0.15) is 44.7 Å². The second-order valence-electron chi connectivity index (χ2n) is 5.07. The zero-order chi connectivity index (χ0) is 13.5. The highest BCUT2D eigenvalue weighted by molar-refractivity contribution is 6.30. The van der Waals surface area contributed by atoms with Crippen molar-refractivity contribution in [1.82, 2.24) is 4.90 Å². The van der Waals surface area contributed by atoms with Gasteiger partial charge in [-0.05, 0) is 51.1 Å². The summed E-state index contributed by atoms with van der Waals surface area (Å²) in [4.78, 5) is 2.39. The van der Waals surface area contributed by atoms with Crippen LogP contribution in [-0.4, -0.2) is 24.5 Å². The summed E-state index contributed by atoms with van der Waals surface area (Å²) in [5.41, 5.74) is 7.36. The molecule has 3 heteroatoms. The van der Waals surface area contributed by atoms with E-state index in [1.807, 2.05) is 24.3 Å². The molecule has 0 bridgehead atoms. The molecule has 2 nitrogen and oxygen atoms in total. The Hall–Kier alpha value is -0.570. The molecule has 0 amide bonds. The highest BCUT2D eigenvalue weighted by atomic mass is 35.5. The van der Waals surface area contributed by atoms with Gasteiger partial charge in [-0.25, -0.2) is 0 Å². The van der Waals surface area contributed by atoms with Crippen molar-refractivity contribution in [1.29, 1.82) is 0 Å². The van der Waals surface area contributed by atoms with Gasteiger partial charge in [0, 0.05) is 17.1 Å². The first-order valence-electron chi connectivity index (χ1n) is 6.75. The van der Waals surface area contributed by atoms with Crippen LogP contribution in [0.4, 0.5) is 0 Å². The first-order chi connectivity index (χ1) is 8.54. The van der Waals surface area contributed by atoms with Crippen molar-refractivity contribution in [2.45, 2.75) is 45.2 Å². The Kier molecular flexibility index (Phi) is 6.69. The fourth-order valence-corrected chi connectivity index (χ4v) is 2.20. The monoisotopic (exact) mass is 268 g/mol. The fourth-order valence-electron chi connectivity index (χ4n) is 2.08. The van der Waals surface area contributed by atoms with E-state index in [4.69, 9.17) is 17.3 Å². The van der Waals surface area contributed by atoms with E-state index in [1.54, 1.807) is 0 Å². The molecule has 0 aromatic heterocycles. The Balaban J connectivity index is 2.41. The highest BCUT2D eigenvalue weighted by Crippen LogP contribution is 2.18. The summed E-state index contributed by atoms with van der Waals surface area (Å²) in [6.45, 7) is 5.53. The van der Waals surface area contributed by atoms with Gasteiger partial charge in [0.1, 0.15) is 0 Å². The first-order valence-corrected chi connectivity index (χ1v) is 7.13. The average molecular weight is 269 g/mol. The maximum atomic E-state index is 6.20. The zero-order valence-electron chi connectivity index (χ0n) is 11.7. The van der Waals surface area contributed by atoms with Gasteiger partial charge < -0.3 is 10.6 Å². The van der Waals surface area contributed by atoms with E-state index in [-0.39, 0.29) is 6.04 Å². The van der Waals surface area contributed by atoms with E-state index in [9.17, 15) is 0 Å². The second-order valence-corrected chi connectivity index (χ2v) is 5.50. The molecule has 0 saturated heterocycles. The molecule has 18 heavy (non-hydrogen) atoms. The van der Waals surface area contributed by atoms with Crippen LogP contribution in [0.3, 0.4) is 0 Å². The summed E-state index contributed by atoms with van der Waals surface area (Å²) < 4.78 is 0. The molecule has 0 spiro atoms. The SMILES string of the molecule is CCCC(C)N(C)CCC(N)c1ccc(Cl)cc1. The van der Waals surface area contributed by atoms with Gasteiger partial charge in [-0.1, -0.05) is 37.1 Å². The van der Waals surface area contributed by atoms with Gasteiger partial charge >= 0.3 is 0 Å². The van der Waals surface area contributed by atoms with Crippen molar-refractivity contribution in [2.75, 3.05) is 13.6 Å². The van der Waals surface area contributed by atoms with E-state index in [2.05, 4.69) is 25.8 Å². The van der Waals surface area contributed by atoms with Crippen molar-refractivity contribution in [2.24, 2.45) is 5.73 Å². The van der Waals surface area contributed by atoms with Crippen LogP contribution in [-0.2, 0) is 0 Å². The molecule has 0 aliphatic heterocycles. The molecule has 0 heterocycles. The molecule has 0 aliphatic carbocycles. The fraction of sp³-hybridized carbons (Fsp3) is 0.600. The van der Waals surface area contributed by atoms with Crippen LogP contribution in [0.2, 0.25) is 5.02 Å². The number of nitrogens with zero attached hydrogens (tertiary/aromatic N) is 1. The summed E-state index contributed by atoms with van der Waals surface area (Å²) >= 11 is 5.87. The van der Waals surface area contributed by atoms with Crippen molar-refractivity contribution in [3.05, 3.63) is 34.9 Å². The van der Waals surface area contributed by atoms with Crippen LogP contribution in [0.5, 0.6) is 0 Å². The smallest absolute Gasteiger partial charge is 0.0406 e. The van der Waals surface area contributed by atoms with Crippen LogP contribution in [0, 0.1) is 0 Å². The maximum Gasteiger partial charge on any atom is 0.0406 e. The summed E-state index contributed by atoms with van der Waals surface area (Å²) in [5, 5.41) is 0.764. The molecule has 1 rings (SSSR count). The minimum absolute atomic E-state index is 0.0959. The molecule has 2 N–H and O–H groups in total. The molecular weight excluding hydrogens is 244 g/mol. The Morgan fingerprint density at radius 2 is 1.83 bits per heavy atom. The average Bonchev–Trinajstić information content (AvgIpc) is 2.36. The van der Waals surface area contributed by atoms with Gasteiger partial charge in [0.25, 0.3) is 0 Å². The Morgan fingerprint density at radius 3 is 2.39 bits per heavy atom. The molecule has 1 aromatic carbocycles. The number of hydrogen-bond acceptors (Lipinski definition) is 2. The van der Waals surface area contributed by atoms with E-state index in [0.717, 1.165) is 23.6 Å². The third-order valence-electron chi connectivity index (χ3n) is 3.55. The zero-order valence-corrected chi connectivity index (χ0v) is 12.5. The first kappa shape index (κ1) is 15.5. The third-order valence-corrected chi connectivity index (χ3v) is 3.80. The predicted octanol–water partition coefficient (Wildman–Crippen LogP) is 3.85. The van der Waals surface area contributed by atoms with Gasteiger partial charge in [0.05, 0.1) is 0 Å². The van der Waals surface area contributed by atoms with E-state index < -0.39 is 0 Å². The third kappa shape index (κ3) is 4.97. The molecule has 0 aliphatic rings. The Morgan fingerprint density at radius 1 is 1.22 bits per heavy atom. The molecule has 0 saturated carbocycles. The molecule has 102 valence electrons. The van der Waals surface area contributed by atoms with Crippen molar-refractivity contribution >= 4 is 11.6 Å². The minimum Gasteiger partial charge on any atom is -0.324 e. The lowest BCUT2D eigenvalue weighted by molar-refractivity contribution is 0.236. The predicted molar refractivity (Wildman–Crippen MR) is 80.0 cm³/mol. The summed E-state index contributed by atoms with van der Waals surface area (Å²) in [6, 6.07) is 8.57. The number of nitrogens with two attached hydrogens (primary N) is 1. The van der Waals surface area contributed by atoms with Crippen LogP contribution in [0.15, 0.2) is 24.3 Å². The topological polar surface area (TPSA) is 29.3 Å². The summed E-state index contributed by atoms with van der Waals surface area (Å²) in [6.07, 6.45) is 3.45.